The number of carboxylic acids is 2. The van der Waals surface area contributed by atoms with Crippen molar-refractivity contribution in [2.24, 2.45) is 0 Å². The highest BCUT2D eigenvalue weighted by Gasteiger charge is 2.19. The maximum absolute atomic E-state index is 11.0. The fraction of sp³-hybridized carbons (Fsp3) is 0.529. The zero-order valence-electron chi connectivity index (χ0n) is 14.2. The van der Waals surface area contributed by atoms with Gasteiger partial charge < -0.3 is 15.3 Å². The van der Waals surface area contributed by atoms with Crippen molar-refractivity contribution < 1.29 is 24.9 Å². The Hall–Kier alpha value is -2.16. The van der Waals surface area contributed by atoms with Gasteiger partial charge in [0.25, 0.3) is 0 Å². The van der Waals surface area contributed by atoms with Crippen molar-refractivity contribution in [3.8, 4) is 5.75 Å². The predicted octanol–water partition coefficient (Wildman–Crippen LogP) is -0.0190. The van der Waals surface area contributed by atoms with E-state index in [0.717, 1.165) is 5.56 Å². The molecule has 3 N–H and O–H groups in total. The van der Waals surface area contributed by atoms with Crippen LogP contribution in [-0.4, -0.2) is 94.3 Å². The minimum atomic E-state index is -0.880. The Morgan fingerprint density at radius 3 is 1.56 bits per heavy atom. The van der Waals surface area contributed by atoms with Crippen LogP contribution in [0.4, 0.5) is 0 Å². The normalized spacial score (nSPS) is 18.2. The Bertz CT molecular complexity index is 550. The first-order valence-electron chi connectivity index (χ1n) is 8.31. The molecule has 138 valence electrons. The molecule has 1 heterocycles. The Morgan fingerprint density at radius 1 is 0.760 bits per heavy atom. The van der Waals surface area contributed by atoms with E-state index in [1.807, 2.05) is 21.9 Å². The second kappa shape index (κ2) is 9.36. The highest BCUT2D eigenvalue weighted by Crippen LogP contribution is 2.12. The van der Waals surface area contributed by atoms with Gasteiger partial charge in [0.2, 0.25) is 0 Å². The Labute approximate surface area is 146 Å². The first-order valence-corrected chi connectivity index (χ1v) is 8.31. The summed E-state index contributed by atoms with van der Waals surface area (Å²) < 4.78 is 0. The summed E-state index contributed by atoms with van der Waals surface area (Å²) in [6.07, 6.45) is 0. The van der Waals surface area contributed by atoms with Crippen LogP contribution in [0.2, 0.25) is 0 Å². The minimum Gasteiger partial charge on any atom is -0.508 e. The Balaban J connectivity index is 2.03. The molecule has 0 spiro atoms. The van der Waals surface area contributed by atoms with Gasteiger partial charge in [-0.05, 0) is 17.7 Å². The second-order valence-corrected chi connectivity index (χ2v) is 6.28. The number of phenolic OH excluding ortho intramolecular Hbond substituents is 1. The van der Waals surface area contributed by atoms with Crippen LogP contribution >= 0.6 is 0 Å². The quantitative estimate of drug-likeness (QED) is 0.657. The molecule has 1 aromatic carbocycles. The third-order valence-corrected chi connectivity index (χ3v) is 4.26. The van der Waals surface area contributed by atoms with E-state index in [9.17, 15) is 14.7 Å². The van der Waals surface area contributed by atoms with E-state index < -0.39 is 11.9 Å². The fourth-order valence-electron chi connectivity index (χ4n) is 2.90. The zero-order valence-corrected chi connectivity index (χ0v) is 14.2. The van der Waals surface area contributed by atoms with Crippen LogP contribution in [0.5, 0.6) is 5.75 Å². The number of aliphatic carboxylic acids is 2. The lowest BCUT2D eigenvalue weighted by atomic mass is 10.2. The molecule has 1 aliphatic heterocycles. The number of nitrogens with zero attached hydrogens (tertiary/aromatic N) is 3. The molecule has 8 nitrogen and oxygen atoms in total. The minimum absolute atomic E-state index is 0.0477. The number of carbonyl (C=O) groups is 2. The topological polar surface area (TPSA) is 105 Å². The lowest BCUT2D eigenvalue weighted by Gasteiger charge is -2.25. The highest BCUT2D eigenvalue weighted by molar-refractivity contribution is 5.69. The molecule has 0 aliphatic carbocycles. The molecular formula is C17H25N3O5. The predicted molar refractivity (Wildman–Crippen MR) is 91.5 cm³/mol. The lowest BCUT2D eigenvalue weighted by molar-refractivity contribution is -0.140. The molecule has 0 atom stereocenters. The molecule has 1 saturated heterocycles. The van der Waals surface area contributed by atoms with Crippen LogP contribution in [0, 0.1) is 0 Å². The van der Waals surface area contributed by atoms with Crippen LogP contribution < -0.4 is 0 Å². The first kappa shape index (κ1) is 19.2. The fourth-order valence-corrected chi connectivity index (χ4v) is 2.90. The summed E-state index contributed by atoms with van der Waals surface area (Å²) in [6, 6.07) is 6.98. The van der Waals surface area contributed by atoms with Gasteiger partial charge in [-0.25, -0.2) is 0 Å². The van der Waals surface area contributed by atoms with Gasteiger partial charge in [0.1, 0.15) is 5.75 Å². The van der Waals surface area contributed by atoms with Gasteiger partial charge in [-0.1, -0.05) is 12.1 Å². The van der Waals surface area contributed by atoms with E-state index in [-0.39, 0.29) is 18.8 Å². The number of aromatic hydroxyl groups is 1. The van der Waals surface area contributed by atoms with Gasteiger partial charge in [0.15, 0.2) is 0 Å². The standard InChI is InChI=1S/C17H25N3O5/c21-15-3-1-14(2-4-15)11-18-5-7-19(12-16(22)23)9-10-20(8-6-18)13-17(24)25/h1-4,21H,5-13H2,(H,22,23)(H,24,25). The number of rotatable bonds is 6. The number of carboxylic acid groups (broad SMARTS) is 2. The average molecular weight is 351 g/mol. The smallest absolute Gasteiger partial charge is 0.317 e. The molecule has 1 aromatic rings. The van der Waals surface area contributed by atoms with Crippen molar-refractivity contribution in [2.75, 3.05) is 52.4 Å². The average Bonchev–Trinajstić information content (AvgIpc) is 2.62. The molecule has 0 radical (unpaired) electrons. The van der Waals surface area contributed by atoms with Gasteiger partial charge in [-0.2, -0.15) is 0 Å². The van der Waals surface area contributed by atoms with Crippen LogP contribution in [0.1, 0.15) is 5.56 Å². The van der Waals surface area contributed by atoms with Crippen molar-refractivity contribution in [2.45, 2.75) is 6.54 Å². The largest absolute Gasteiger partial charge is 0.508 e. The highest BCUT2D eigenvalue weighted by atomic mass is 16.4. The number of phenols is 1. The Kier molecular flexibility index (Phi) is 7.17. The summed E-state index contributed by atoms with van der Waals surface area (Å²) in [4.78, 5) is 27.9. The summed E-state index contributed by atoms with van der Waals surface area (Å²) in [7, 11) is 0. The molecule has 0 aromatic heterocycles. The van der Waals surface area contributed by atoms with E-state index in [4.69, 9.17) is 10.2 Å². The molecule has 2 rings (SSSR count). The van der Waals surface area contributed by atoms with Crippen molar-refractivity contribution in [1.29, 1.82) is 0 Å². The van der Waals surface area contributed by atoms with Gasteiger partial charge in [-0.3, -0.25) is 24.3 Å². The van der Waals surface area contributed by atoms with Crippen LogP contribution in [-0.2, 0) is 16.1 Å². The van der Waals surface area contributed by atoms with Crippen LogP contribution in [0.25, 0.3) is 0 Å². The van der Waals surface area contributed by atoms with Gasteiger partial charge in [-0.15, -0.1) is 0 Å². The number of hydrogen-bond acceptors (Lipinski definition) is 6. The SMILES string of the molecule is O=C(O)CN1CCN(CC(=O)O)CCN(Cc2ccc(O)cc2)CC1. The molecule has 0 bridgehead atoms. The molecule has 1 fully saturated rings. The van der Waals surface area contributed by atoms with Crippen molar-refractivity contribution in [3.05, 3.63) is 29.8 Å². The Morgan fingerprint density at radius 2 is 1.16 bits per heavy atom. The zero-order chi connectivity index (χ0) is 18.2. The summed E-state index contributed by atoms with van der Waals surface area (Å²) in [6.45, 7) is 4.28. The monoisotopic (exact) mass is 351 g/mol. The van der Waals surface area contributed by atoms with E-state index in [1.165, 1.54) is 0 Å². The molecular weight excluding hydrogens is 326 g/mol. The van der Waals surface area contributed by atoms with E-state index in [0.29, 0.717) is 45.8 Å². The molecule has 8 heteroatoms. The molecule has 0 amide bonds. The molecule has 25 heavy (non-hydrogen) atoms. The maximum atomic E-state index is 11.0. The number of benzene rings is 1. The van der Waals surface area contributed by atoms with E-state index in [2.05, 4.69) is 4.90 Å². The summed E-state index contributed by atoms with van der Waals surface area (Å²) in [5.74, 6) is -1.54. The third-order valence-electron chi connectivity index (χ3n) is 4.26. The van der Waals surface area contributed by atoms with Crippen LogP contribution in [0.15, 0.2) is 24.3 Å². The first-order chi connectivity index (χ1) is 11.9. The third kappa shape index (κ3) is 7.08. The molecule has 0 unspecified atom stereocenters. The molecule has 0 saturated carbocycles. The lowest BCUT2D eigenvalue weighted by Crippen LogP contribution is -2.40. The van der Waals surface area contributed by atoms with Crippen molar-refractivity contribution >= 4 is 11.9 Å². The van der Waals surface area contributed by atoms with Gasteiger partial charge >= 0.3 is 11.9 Å². The molecule has 1 aliphatic rings. The van der Waals surface area contributed by atoms with E-state index >= 15 is 0 Å². The van der Waals surface area contributed by atoms with Crippen LogP contribution in [0.3, 0.4) is 0 Å². The number of hydrogen-bond donors (Lipinski definition) is 3. The van der Waals surface area contributed by atoms with Gasteiger partial charge in [0, 0.05) is 45.8 Å². The summed E-state index contributed by atoms with van der Waals surface area (Å²) in [5, 5.41) is 27.5. The second-order valence-electron chi connectivity index (χ2n) is 6.28. The van der Waals surface area contributed by atoms with E-state index in [1.54, 1.807) is 12.1 Å². The van der Waals surface area contributed by atoms with Gasteiger partial charge in [0.05, 0.1) is 13.1 Å². The summed E-state index contributed by atoms with van der Waals surface area (Å²) in [5.41, 5.74) is 1.05. The maximum Gasteiger partial charge on any atom is 0.317 e. The summed E-state index contributed by atoms with van der Waals surface area (Å²) >= 11 is 0. The van der Waals surface area contributed by atoms with Crippen molar-refractivity contribution in [3.63, 3.8) is 0 Å². The van der Waals surface area contributed by atoms with Crippen molar-refractivity contribution in [1.82, 2.24) is 14.7 Å².